The van der Waals surface area contributed by atoms with Gasteiger partial charge >= 0.3 is 74.4 Å². The fourth-order valence-corrected chi connectivity index (χ4v) is 2.30. The van der Waals surface area contributed by atoms with Crippen molar-refractivity contribution in [2.75, 3.05) is 13.3 Å². The Balaban J connectivity index is -0.0000000408. The van der Waals surface area contributed by atoms with Gasteiger partial charge in [0.25, 0.3) is 0 Å². The Morgan fingerprint density at radius 1 is 0.950 bits per heavy atom. The summed E-state index contributed by atoms with van der Waals surface area (Å²) in [6, 6.07) is 0. The minimum atomic E-state index is -3.72. The van der Waals surface area contributed by atoms with Crippen LogP contribution in [0, 0.1) is 0 Å². The molecule has 0 aromatic heterocycles. The van der Waals surface area contributed by atoms with Crippen LogP contribution in [0.1, 0.15) is 27.7 Å². The fourth-order valence-electron chi connectivity index (χ4n) is 0.768. The first-order chi connectivity index (χ1) is 6.83. The molecule has 0 bridgehead atoms. The third-order valence-corrected chi connectivity index (χ3v) is 2.42. The maximum absolute atomic E-state index is 12.0. The van der Waals surface area contributed by atoms with Crippen molar-refractivity contribution in [2.24, 2.45) is 0 Å². The molecule has 0 saturated carbocycles. The molecular formula is C8H22F2Na2O6P2. The molecule has 0 rings (SSSR count). The summed E-state index contributed by atoms with van der Waals surface area (Å²) in [6.45, 7) is 8.82. The number of hydrogen-bond donors (Lipinski definition) is 1. The largest absolute Gasteiger partial charge is 1.00 e. The van der Waals surface area contributed by atoms with Gasteiger partial charge in [-0.15, -0.1) is 0 Å². The average molecular weight is 360 g/mol. The molecule has 2 unspecified atom stereocenters. The quantitative estimate of drug-likeness (QED) is 0.396. The van der Waals surface area contributed by atoms with E-state index in [-0.39, 0.29) is 81.5 Å². The Hall–Kier alpha value is 2.16. The van der Waals surface area contributed by atoms with E-state index in [0.717, 1.165) is 6.66 Å². The molecule has 12 heteroatoms. The third-order valence-electron chi connectivity index (χ3n) is 0.806. The Morgan fingerprint density at radius 2 is 1.20 bits per heavy atom. The van der Waals surface area contributed by atoms with Gasteiger partial charge in [0.15, 0.2) is 0 Å². The Morgan fingerprint density at radius 3 is 1.20 bits per heavy atom. The maximum Gasteiger partial charge on any atom is 1.00 e. The van der Waals surface area contributed by atoms with E-state index in [9.17, 15) is 13.3 Å². The molecule has 0 fully saturated rings. The monoisotopic (exact) mass is 360 g/mol. The third kappa shape index (κ3) is 50.1. The molecule has 0 saturated heterocycles. The van der Waals surface area contributed by atoms with Gasteiger partial charge in [-0.2, -0.15) is 4.20 Å². The summed E-state index contributed by atoms with van der Waals surface area (Å²) >= 11 is 0. The van der Waals surface area contributed by atoms with E-state index in [1.807, 2.05) is 0 Å². The predicted molar refractivity (Wildman–Crippen MR) is 64.8 cm³/mol. The molecule has 116 valence electrons. The molecule has 0 aromatic carbocycles. The smallest absolute Gasteiger partial charge is 1.00 e. The number of rotatable bonds is 4. The summed E-state index contributed by atoms with van der Waals surface area (Å²) in [5.41, 5.74) is 0. The van der Waals surface area contributed by atoms with Crippen LogP contribution >= 0.6 is 15.3 Å². The van der Waals surface area contributed by atoms with Crippen molar-refractivity contribution in [2.45, 2.75) is 39.9 Å². The topological polar surface area (TPSA) is 103 Å². The van der Waals surface area contributed by atoms with Gasteiger partial charge in [-0.3, -0.25) is 9.13 Å². The normalized spacial score (nSPS) is 14.9. The summed E-state index contributed by atoms with van der Waals surface area (Å²) in [5.74, 6) is 0. The molecule has 0 radical (unpaired) electrons. The van der Waals surface area contributed by atoms with Crippen LogP contribution in [0.25, 0.3) is 0 Å². The first kappa shape index (κ1) is 38.0. The Bertz CT molecular complexity index is 254. The zero-order chi connectivity index (χ0) is 13.6. The van der Waals surface area contributed by atoms with Gasteiger partial charge in [0.1, 0.15) is 0 Å². The van der Waals surface area contributed by atoms with Crippen LogP contribution in [-0.4, -0.2) is 35.9 Å². The van der Waals surface area contributed by atoms with Crippen molar-refractivity contribution >= 4 is 15.3 Å². The molecule has 2 N–H and O–H groups in total. The van der Waals surface area contributed by atoms with Crippen molar-refractivity contribution in [1.29, 1.82) is 0 Å². The molecule has 6 nitrogen and oxygen atoms in total. The molecule has 0 aliphatic rings. The molecule has 0 aromatic rings. The van der Waals surface area contributed by atoms with Crippen molar-refractivity contribution < 1.29 is 96.6 Å². The van der Waals surface area contributed by atoms with Crippen LogP contribution in [-0.2, 0) is 18.2 Å². The number of halogens is 2. The molecular weight excluding hydrogens is 338 g/mol. The summed E-state index contributed by atoms with van der Waals surface area (Å²) in [4.78, 5) is 8.52. The SMILES string of the molecule is CC(C)OP(C)(=O)F.CC(C)OP(C)(=O)O.[F-].[Na+].[Na+].[OH-]. The number of hydrogen-bond acceptors (Lipinski definition) is 5. The zero-order valence-corrected chi connectivity index (χ0v) is 19.1. The summed E-state index contributed by atoms with van der Waals surface area (Å²) in [6.07, 6.45) is -0.466. The van der Waals surface area contributed by atoms with Gasteiger partial charge in [-0.05, 0) is 27.7 Å². The van der Waals surface area contributed by atoms with Crippen LogP contribution in [0.4, 0.5) is 4.20 Å². The summed E-state index contributed by atoms with van der Waals surface area (Å²) < 4.78 is 41.3. The Labute approximate surface area is 163 Å². The molecule has 0 heterocycles. The predicted octanol–water partition coefficient (Wildman–Crippen LogP) is -5.73. The van der Waals surface area contributed by atoms with Gasteiger partial charge in [0, 0.05) is 13.3 Å². The van der Waals surface area contributed by atoms with Crippen molar-refractivity contribution in [1.82, 2.24) is 0 Å². The van der Waals surface area contributed by atoms with E-state index < -0.39 is 15.3 Å². The van der Waals surface area contributed by atoms with Crippen molar-refractivity contribution in [3.63, 3.8) is 0 Å². The molecule has 2 atom stereocenters. The van der Waals surface area contributed by atoms with Crippen LogP contribution in [0.2, 0.25) is 0 Å². The molecule has 0 aliphatic carbocycles. The van der Waals surface area contributed by atoms with Gasteiger partial charge in [-0.25, -0.2) is 0 Å². The summed E-state index contributed by atoms with van der Waals surface area (Å²) in [5, 5.41) is 0. The first-order valence-electron chi connectivity index (χ1n) is 4.77. The van der Waals surface area contributed by atoms with E-state index in [2.05, 4.69) is 9.05 Å². The van der Waals surface area contributed by atoms with Crippen LogP contribution < -0.4 is 63.8 Å². The summed E-state index contributed by atoms with van der Waals surface area (Å²) in [7, 11) is -6.94. The molecule has 0 spiro atoms. The maximum atomic E-state index is 12.0. The van der Waals surface area contributed by atoms with E-state index >= 15 is 0 Å². The van der Waals surface area contributed by atoms with E-state index in [0.29, 0.717) is 0 Å². The first-order valence-corrected chi connectivity index (χ1v) is 8.76. The Kier molecular flexibility index (Phi) is 33.3. The second-order valence-electron chi connectivity index (χ2n) is 3.86. The van der Waals surface area contributed by atoms with Crippen LogP contribution in [0.3, 0.4) is 0 Å². The zero-order valence-electron chi connectivity index (χ0n) is 13.3. The standard InChI is InChI=1S/C4H10FO2P.C4H11O3P.FH.2Na.H2O/c2*1-4(2)7-8(3,5)6;;;;/h4H,1-3H3;4H,1-3H3,(H,5,6);1H;;;1H2/q;;;2*+1;/p-2. The fraction of sp³-hybridized carbons (Fsp3) is 1.00. The van der Waals surface area contributed by atoms with Crippen LogP contribution in [0.15, 0.2) is 0 Å². The van der Waals surface area contributed by atoms with Gasteiger partial charge < -0.3 is 24.1 Å². The average Bonchev–Trinajstić information content (AvgIpc) is 1.72. The van der Waals surface area contributed by atoms with Gasteiger partial charge in [-0.1, -0.05) is 0 Å². The molecule has 20 heavy (non-hydrogen) atoms. The van der Waals surface area contributed by atoms with Crippen LogP contribution in [0.5, 0.6) is 0 Å². The van der Waals surface area contributed by atoms with Crippen molar-refractivity contribution in [3.8, 4) is 0 Å². The van der Waals surface area contributed by atoms with Gasteiger partial charge in [0.05, 0.1) is 12.2 Å². The van der Waals surface area contributed by atoms with E-state index in [1.165, 1.54) is 6.66 Å². The van der Waals surface area contributed by atoms with E-state index in [1.54, 1.807) is 27.7 Å². The van der Waals surface area contributed by atoms with Crippen molar-refractivity contribution in [3.05, 3.63) is 0 Å². The van der Waals surface area contributed by atoms with E-state index in [4.69, 9.17) is 4.89 Å². The second kappa shape index (κ2) is 17.5. The molecule has 0 aliphatic heterocycles. The minimum absolute atomic E-state index is 0. The molecule has 0 amide bonds. The van der Waals surface area contributed by atoms with Gasteiger partial charge in [0.2, 0.25) is 0 Å². The second-order valence-corrected chi connectivity index (χ2v) is 7.38. The minimum Gasteiger partial charge on any atom is -1.00 e.